The number of aryl methyl sites for hydroxylation is 2. The molecule has 2 aromatic heterocycles. The van der Waals surface area contributed by atoms with Gasteiger partial charge in [0.05, 0.1) is 22.4 Å². The number of hydrogen-bond donors (Lipinski definition) is 1. The van der Waals surface area contributed by atoms with E-state index in [1.807, 2.05) is 31.1 Å². The first-order valence-electron chi connectivity index (χ1n) is 11.7. The summed E-state index contributed by atoms with van der Waals surface area (Å²) >= 11 is 0. The molecule has 1 saturated heterocycles. The van der Waals surface area contributed by atoms with Crippen LogP contribution in [0.1, 0.15) is 30.1 Å². The molecule has 1 atom stereocenters. The van der Waals surface area contributed by atoms with Crippen LogP contribution in [0.3, 0.4) is 0 Å². The van der Waals surface area contributed by atoms with Crippen LogP contribution in [-0.4, -0.2) is 58.2 Å². The summed E-state index contributed by atoms with van der Waals surface area (Å²) in [5.41, 5.74) is 11.9. The number of carbonyl (C=O) groups is 1. The quantitative estimate of drug-likeness (QED) is 0.519. The van der Waals surface area contributed by atoms with Gasteiger partial charge in [-0.3, -0.25) is 4.79 Å². The van der Waals surface area contributed by atoms with Crippen molar-refractivity contribution in [1.82, 2.24) is 19.0 Å². The largest absolute Gasteiger partial charge is 0.376 e. The number of rotatable bonds is 4. The van der Waals surface area contributed by atoms with Crippen LogP contribution in [0.2, 0.25) is 0 Å². The molecule has 0 saturated carbocycles. The third-order valence-electron chi connectivity index (χ3n) is 6.78. The molecule has 1 aliphatic heterocycles. The molecule has 7 nitrogen and oxygen atoms in total. The molecular formula is C26H32N6O. The average Bonchev–Trinajstić information content (AvgIpc) is 3.35. The van der Waals surface area contributed by atoms with Gasteiger partial charge in [0.25, 0.3) is 5.91 Å². The van der Waals surface area contributed by atoms with E-state index in [1.54, 1.807) is 0 Å². The van der Waals surface area contributed by atoms with Crippen LogP contribution < -0.4 is 10.6 Å². The second kappa shape index (κ2) is 8.23. The van der Waals surface area contributed by atoms with Gasteiger partial charge in [-0.05, 0) is 44.0 Å². The molecule has 0 spiro atoms. The molecule has 3 heterocycles. The Kier molecular flexibility index (Phi) is 5.37. The van der Waals surface area contributed by atoms with E-state index in [0.717, 1.165) is 54.2 Å². The third-order valence-corrected chi connectivity index (χ3v) is 6.78. The molecular weight excluding hydrogens is 412 g/mol. The number of benzene rings is 2. The van der Waals surface area contributed by atoms with E-state index in [0.29, 0.717) is 12.1 Å². The zero-order valence-corrected chi connectivity index (χ0v) is 19.9. The molecule has 1 fully saturated rings. The number of carbonyl (C=O) groups excluding carboxylic acids is 1. The van der Waals surface area contributed by atoms with E-state index in [1.165, 1.54) is 10.9 Å². The Morgan fingerprint density at radius 3 is 2.73 bits per heavy atom. The molecule has 1 amide bonds. The Labute approximate surface area is 194 Å². The number of fused-ring (bicyclic) bond motifs is 2. The molecule has 5 rings (SSSR count). The topological polar surface area (TPSA) is 72.3 Å². The van der Waals surface area contributed by atoms with Crippen molar-refractivity contribution < 1.29 is 4.79 Å². The SMILES string of the molecule is CCn1c(-c2nc3cc(C(=O)N4CCC[C@@H](N)C4)cc(N(C)C)c3n2C)cc2ccccc21. The maximum atomic E-state index is 13.4. The second-order valence-corrected chi connectivity index (χ2v) is 9.24. The molecule has 0 bridgehead atoms. The van der Waals surface area contributed by atoms with Crippen LogP contribution in [0, 0.1) is 0 Å². The highest BCUT2D eigenvalue weighted by Gasteiger charge is 2.25. The normalized spacial score (nSPS) is 16.6. The zero-order chi connectivity index (χ0) is 23.3. The number of amides is 1. The fourth-order valence-electron chi connectivity index (χ4n) is 5.13. The van der Waals surface area contributed by atoms with Gasteiger partial charge in [0.1, 0.15) is 0 Å². The number of nitrogens with zero attached hydrogens (tertiary/aromatic N) is 5. The summed E-state index contributed by atoms with van der Waals surface area (Å²) in [7, 11) is 6.07. The smallest absolute Gasteiger partial charge is 0.254 e. The summed E-state index contributed by atoms with van der Waals surface area (Å²) in [6.07, 6.45) is 1.92. The minimum Gasteiger partial charge on any atom is -0.376 e. The van der Waals surface area contributed by atoms with Gasteiger partial charge in [-0.25, -0.2) is 4.98 Å². The van der Waals surface area contributed by atoms with E-state index in [4.69, 9.17) is 10.7 Å². The van der Waals surface area contributed by atoms with Gasteiger partial charge in [0.15, 0.2) is 5.82 Å². The van der Waals surface area contributed by atoms with Crippen molar-refractivity contribution in [2.75, 3.05) is 32.1 Å². The Hall–Kier alpha value is -3.32. The highest BCUT2D eigenvalue weighted by molar-refractivity contribution is 6.02. The Bertz CT molecular complexity index is 1350. The minimum absolute atomic E-state index is 0.0324. The lowest BCUT2D eigenvalue weighted by molar-refractivity contribution is 0.0709. The summed E-state index contributed by atoms with van der Waals surface area (Å²) in [5.74, 6) is 0.931. The fourth-order valence-corrected chi connectivity index (χ4v) is 5.13. The standard InChI is InChI=1S/C26H32N6O/c1-5-32-21-11-7-6-9-17(21)14-23(32)25-28-20-13-18(15-22(29(2)3)24(20)30(25)4)26(33)31-12-8-10-19(27)16-31/h6-7,9,11,13-15,19H,5,8,10,12,16,27H2,1-4H3/t19-/m1/s1. The monoisotopic (exact) mass is 444 g/mol. The van der Waals surface area contributed by atoms with Crippen LogP contribution in [0.5, 0.6) is 0 Å². The maximum absolute atomic E-state index is 13.4. The van der Waals surface area contributed by atoms with Crippen LogP contribution >= 0.6 is 0 Å². The van der Waals surface area contributed by atoms with Crippen LogP contribution in [0.25, 0.3) is 33.5 Å². The van der Waals surface area contributed by atoms with Crippen molar-refractivity contribution in [3.8, 4) is 11.5 Å². The lowest BCUT2D eigenvalue weighted by atomic mass is 10.0. The number of imidazole rings is 1. The van der Waals surface area contributed by atoms with Gasteiger partial charge >= 0.3 is 0 Å². The summed E-state index contributed by atoms with van der Waals surface area (Å²) in [6.45, 7) is 4.37. The van der Waals surface area contributed by atoms with E-state index >= 15 is 0 Å². The first kappa shape index (κ1) is 21.5. The van der Waals surface area contributed by atoms with Gasteiger partial charge in [-0.15, -0.1) is 0 Å². The van der Waals surface area contributed by atoms with Gasteiger partial charge in [0.2, 0.25) is 0 Å². The first-order valence-corrected chi connectivity index (χ1v) is 11.7. The molecule has 33 heavy (non-hydrogen) atoms. The van der Waals surface area contributed by atoms with Crippen molar-refractivity contribution in [2.45, 2.75) is 32.4 Å². The lowest BCUT2D eigenvalue weighted by Crippen LogP contribution is -2.45. The van der Waals surface area contributed by atoms with Gasteiger partial charge in [-0.2, -0.15) is 0 Å². The minimum atomic E-state index is 0.0324. The van der Waals surface area contributed by atoms with Gasteiger partial charge in [0, 0.05) is 63.3 Å². The molecule has 4 aromatic rings. The summed E-state index contributed by atoms with van der Waals surface area (Å²) in [6, 6.07) is 14.6. The number of aromatic nitrogens is 3. The van der Waals surface area contributed by atoms with Crippen molar-refractivity contribution in [3.63, 3.8) is 0 Å². The number of hydrogen-bond acceptors (Lipinski definition) is 4. The molecule has 172 valence electrons. The lowest BCUT2D eigenvalue weighted by Gasteiger charge is -2.31. The Morgan fingerprint density at radius 2 is 2.00 bits per heavy atom. The first-order chi connectivity index (χ1) is 15.9. The fraction of sp³-hybridized carbons (Fsp3) is 0.385. The van der Waals surface area contributed by atoms with Crippen molar-refractivity contribution in [1.29, 1.82) is 0 Å². The number of piperidine rings is 1. The molecule has 2 aromatic carbocycles. The molecule has 7 heteroatoms. The predicted molar refractivity (Wildman–Crippen MR) is 135 cm³/mol. The highest BCUT2D eigenvalue weighted by Crippen LogP contribution is 2.34. The molecule has 0 aliphatic carbocycles. The van der Waals surface area contributed by atoms with E-state index in [9.17, 15) is 4.79 Å². The zero-order valence-electron chi connectivity index (χ0n) is 19.9. The highest BCUT2D eigenvalue weighted by atomic mass is 16.2. The van der Waals surface area contributed by atoms with Crippen molar-refractivity contribution in [2.24, 2.45) is 12.8 Å². The third kappa shape index (κ3) is 3.56. The number of anilines is 1. The Balaban J connectivity index is 1.67. The van der Waals surface area contributed by atoms with Gasteiger partial charge < -0.3 is 24.7 Å². The second-order valence-electron chi connectivity index (χ2n) is 9.24. The summed E-state index contributed by atoms with van der Waals surface area (Å²) in [4.78, 5) is 22.3. The Morgan fingerprint density at radius 1 is 1.21 bits per heavy atom. The van der Waals surface area contributed by atoms with E-state index in [-0.39, 0.29) is 11.9 Å². The number of nitrogens with two attached hydrogens (primary N) is 1. The van der Waals surface area contributed by atoms with E-state index < -0.39 is 0 Å². The molecule has 1 aliphatic rings. The average molecular weight is 445 g/mol. The molecule has 2 N–H and O–H groups in total. The molecule has 0 radical (unpaired) electrons. The van der Waals surface area contributed by atoms with Crippen LogP contribution in [-0.2, 0) is 13.6 Å². The van der Waals surface area contributed by atoms with Crippen LogP contribution in [0.15, 0.2) is 42.5 Å². The van der Waals surface area contributed by atoms with Crippen molar-refractivity contribution >= 4 is 33.5 Å². The number of likely N-dealkylation sites (tertiary alicyclic amines) is 1. The van der Waals surface area contributed by atoms with Gasteiger partial charge in [-0.1, -0.05) is 18.2 Å². The van der Waals surface area contributed by atoms with Crippen molar-refractivity contribution in [3.05, 3.63) is 48.0 Å². The predicted octanol–water partition coefficient (Wildman–Crippen LogP) is 3.84. The molecule has 0 unspecified atom stereocenters. The van der Waals surface area contributed by atoms with Crippen LogP contribution in [0.4, 0.5) is 5.69 Å². The summed E-state index contributed by atoms with van der Waals surface area (Å²) < 4.78 is 4.45. The number of para-hydroxylation sites is 1. The summed E-state index contributed by atoms with van der Waals surface area (Å²) in [5, 5.41) is 1.20. The van der Waals surface area contributed by atoms with E-state index in [2.05, 4.69) is 58.3 Å². The maximum Gasteiger partial charge on any atom is 0.254 e.